The van der Waals surface area contributed by atoms with Crippen molar-refractivity contribution in [2.45, 2.75) is 6.92 Å². The van der Waals surface area contributed by atoms with Crippen LogP contribution < -0.4 is 26.1 Å². The Morgan fingerprint density at radius 2 is 1.77 bits per heavy atom. The van der Waals surface area contributed by atoms with E-state index in [0.717, 1.165) is 23.4 Å². The van der Waals surface area contributed by atoms with Crippen LogP contribution in [-0.2, 0) is 0 Å². The van der Waals surface area contributed by atoms with Crippen molar-refractivity contribution in [3.8, 4) is 28.3 Å². The number of carbonyl (C=O) groups excluding carboxylic acids is 1. The minimum Gasteiger partial charge on any atom is -0.493 e. The van der Waals surface area contributed by atoms with Crippen molar-refractivity contribution in [2.75, 3.05) is 17.7 Å². The van der Waals surface area contributed by atoms with Crippen molar-refractivity contribution in [1.82, 2.24) is 9.55 Å². The second-order valence-electron chi connectivity index (χ2n) is 9.43. The topological polar surface area (TPSA) is 135 Å². The first-order valence-corrected chi connectivity index (χ1v) is 13.5. The number of nitrogens with one attached hydrogen (secondary N) is 3. The van der Waals surface area contributed by atoms with Crippen LogP contribution in [0.2, 0.25) is 0 Å². The van der Waals surface area contributed by atoms with E-state index < -0.39 is 23.1 Å². The number of H-pyrrole nitrogens is 1. The van der Waals surface area contributed by atoms with Crippen molar-refractivity contribution < 1.29 is 23.0 Å². The minimum absolute atomic E-state index is 0.0399. The summed E-state index contributed by atoms with van der Waals surface area (Å²) in [7, 11) is 0. The van der Waals surface area contributed by atoms with Gasteiger partial charge in [-0.2, -0.15) is 0 Å². The number of hydrogen-bond acceptors (Lipinski definition) is 6. The van der Waals surface area contributed by atoms with Crippen molar-refractivity contribution in [1.29, 1.82) is 5.41 Å². The van der Waals surface area contributed by atoms with Crippen LogP contribution in [0.1, 0.15) is 23.0 Å². The van der Waals surface area contributed by atoms with E-state index in [1.807, 2.05) is 18.2 Å². The summed E-state index contributed by atoms with van der Waals surface area (Å²) in [6.07, 6.45) is 5.51. The highest BCUT2D eigenvalue weighted by Crippen LogP contribution is 2.32. The summed E-state index contributed by atoms with van der Waals surface area (Å²) in [6, 6.07) is 19.4. The third-order valence-corrected chi connectivity index (χ3v) is 6.55. The Hall–Kier alpha value is -5.97. The highest BCUT2D eigenvalue weighted by molar-refractivity contribution is 6.06. The van der Waals surface area contributed by atoms with Crippen LogP contribution in [-0.4, -0.2) is 28.3 Å². The molecule has 2 aromatic heterocycles. The molecule has 3 aromatic carbocycles. The predicted octanol–water partition coefficient (Wildman–Crippen LogP) is 6.41. The van der Waals surface area contributed by atoms with Gasteiger partial charge in [0.15, 0.2) is 17.3 Å². The molecule has 0 aliphatic rings. The SMILES string of the molecule is CCOc1ccn(-c2ccc(F)cc2)c(=O)c1C(=O)Nc1ccc(O/C(=C/C=N)c2[nH]ccc2-c2ccc(N)cc2)c(F)c1. The van der Waals surface area contributed by atoms with E-state index in [9.17, 15) is 14.0 Å². The van der Waals surface area contributed by atoms with Crippen molar-refractivity contribution in [3.63, 3.8) is 0 Å². The molecule has 0 aliphatic carbocycles. The van der Waals surface area contributed by atoms with E-state index in [0.29, 0.717) is 17.1 Å². The van der Waals surface area contributed by atoms with Crippen molar-refractivity contribution in [3.05, 3.63) is 131 Å². The van der Waals surface area contributed by atoms with Gasteiger partial charge in [0.25, 0.3) is 11.5 Å². The number of ether oxygens (including phenoxy) is 2. The number of anilines is 2. The van der Waals surface area contributed by atoms with Crippen LogP contribution in [0.25, 0.3) is 22.6 Å². The van der Waals surface area contributed by atoms with E-state index in [1.54, 1.807) is 25.3 Å². The van der Waals surface area contributed by atoms with Crippen LogP contribution in [0.15, 0.2) is 102 Å². The summed E-state index contributed by atoms with van der Waals surface area (Å²) < 4.78 is 41.3. The first-order valence-electron chi connectivity index (χ1n) is 13.5. The Labute approximate surface area is 250 Å². The molecule has 0 radical (unpaired) electrons. The maximum absolute atomic E-state index is 15.3. The molecule has 222 valence electrons. The van der Waals surface area contributed by atoms with Gasteiger partial charge in [-0.05, 0) is 73.2 Å². The zero-order chi connectivity index (χ0) is 31.2. The number of hydrogen-bond donors (Lipinski definition) is 4. The lowest BCUT2D eigenvalue weighted by atomic mass is 10.0. The smallest absolute Gasteiger partial charge is 0.271 e. The molecule has 2 heterocycles. The second kappa shape index (κ2) is 12.9. The van der Waals surface area contributed by atoms with Crippen LogP contribution in [0, 0.1) is 17.0 Å². The Kier molecular flexibility index (Phi) is 8.66. The van der Waals surface area contributed by atoms with Crippen molar-refractivity contribution in [2.24, 2.45) is 0 Å². The van der Waals surface area contributed by atoms with Gasteiger partial charge < -0.3 is 30.9 Å². The Balaban J connectivity index is 1.41. The molecular weight excluding hydrogens is 568 g/mol. The van der Waals surface area contributed by atoms with Gasteiger partial charge in [-0.1, -0.05) is 12.1 Å². The van der Waals surface area contributed by atoms with E-state index in [2.05, 4.69) is 10.3 Å². The number of nitrogens with zero attached hydrogens (tertiary/aromatic N) is 1. The van der Waals surface area contributed by atoms with Gasteiger partial charge >= 0.3 is 0 Å². The van der Waals surface area contributed by atoms with Crippen LogP contribution in [0.5, 0.6) is 11.5 Å². The molecule has 5 N–H and O–H groups in total. The fraction of sp³-hybridized carbons (Fsp3) is 0.0606. The first kappa shape index (κ1) is 29.5. The molecule has 0 fully saturated rings. The maximum atomic E-state index is 15.3. The molecule has 5 rings (SSSR count). The third kappa shape index (κ3) is 6.26. The number of nitrogens with two attached hydrogens (primary N) is 1. The maximum Gasteiger partial charge on any atom is 0.271 e. The number of nitrogen functional groups attached to an aromatic ring is 1. The third-order valence-electron chi connectivity index (χ3n) is 6.55. The monoisotopic (exact) mass is 595 g/mol. The molecule has 0 spiro atoms. The summed E-state index contributed by atoms with van der Waals surface area (Å²) >= 11 is 0. The van der Waals surface area contributed by atoms with Crippen LogP contribution in [0.4, 0.5) is 20.2 Å². The Morgan fingerprint density at radius 3 is 2.45 bits per heavy atom. The number of rotatable bonds is 10. The van der Waals surface area contributed by atoms with Gasteiger partial charge in [0.05, 0.1) is 12.3 Å². The average Bonchev–Trinajstić information content (AvgIpc) is 3.49. The highest BCUT2D eigenvalue weighted by Gasteiger charge is 2.21. The predicted molar refractivity (Wildman–Crippen MR) is 166 cm³/mol. The zero-order valence-corrected chi connectivity index (χ0v) is 23.4. The Bertz CT molecular complexity index is 1910. The lowest BCUT2D eigenvalue weighted by Gasteiger charge is -2.15. The number of aromatic nitrogens is 2. The number of benzene rings is 3. The molecule has 9 nitrogen and oxygen atoms in total. The minimum atomic E-state index is -0.827. The lowest BCUT2D eigenvalue weighted by Crippen LogP contribution is -2.29. The molecule has 0 saturated heterocycles. The van der Waals surface area contributed by atoms with E-state index in [4.69, 9.17) is 20.6 Å². The van der Waals surface area contributed by atoms with Gasteiger partial charge in [0.2, 0.25) is 0 Å². The van der Waals surface area contributed by atoms with Gasteiger partial charge in [-0.25, -0.2) is 8.78 Å². The molecule has 0 bridgehead atoms. The van der Waals surface area contributed by atoms with E-state index >= 15 is 4.39 Å². The van der Waals surface area contributed by atoms with Crippen molar-refractivity contribution >= 4 is 29.3 Å². The average molecular weight is 596 g/mol. The molecule has 0 aliphatic heterocycles. The summed E-state index contributed by atoms with van der Waals surface area (Å²) in [4.78, 5) is 29.7. The van der Waals surface area contributed by atoms with E-state index in [-0.39, 0.29) is 35.1 Å². The highest BCUT2D eigenvalue weighted by atomic mass is 19.1. The fourth-order valence-electron chi connectivity index (χ4n) is 4.50. The van der Waals surface area contributed by atoms with Gasteiger partial charge in [-0.3, -0.25) is 14.2 Å². The lowest BCUT2D eigenvalue weighted by molar-refractivity contribution is 0.102. The largest absolute Gasteiger partial charge is 0.493 e. The summed E-state index contributed by atoms with van der Waals surface area (Å²) in [6.45, 7) is 1.89. The zero-order valence-electron chi connectivity index (χ0n) is 23.4. The van der Waals surface area contributed by atoms with Crippen LogP contribution in [0.3, 0.4) is 0 Å². The molecule has 5 aromatic rings. The van der Waals surface area contributed by atoms with Gasteiger partial charge in [-0.15, -0.1) is 0 Å². The molecule has 44 heavy (non-hydrogen) atoms. The number of pyridine rings is 1. The number of carbonyl (C=O) groups is 1. The molecule has 0 atom stereocenters. The number of halogens is 2. The second-order valence-corrected chi connectivity index (χ2v) is 9.43. The molecule has 0 unspecified atom stereocenters. The molecular formula is C33H27F2N5O4. The standard InChI is InChI=1S/C33H27F2N5O4/c1-2-43-28-15-18-40(24-10-5-21(34)6-11-24)33(42)30(28)32(41)39-23-9-12-27(26(35)19-23)44-29(13-16-36)31-25(14-17-38-31)20-3-7-22(37)8-4-20/h3-19,36,38H,2,37H2,1H3,(H,39,41)/b29-13+,36-16?. The molecule has 1 amide bonds. The van der Waals surface area contributed by atoms with E-state index in [1.165, 1.54) is 59.3 Å². The fourth-order valence-corrected chi connectivity index (χ4v) is 4.50. The van der Waals surface area contributed by atoms with Crippen LogP contribution >= 0.6 is 0 Å². The summed E-state index contributed by atoms with van der Waals surface area (Å²) in [5.41, 5.74) is 7.90. The van der Waals surface area contributed by atoms with Gasteiger partial charge in [0, 0.05) is 53.4 Å². The summed E-state index contributed by atoms with van der Waals surface area (Å²) in [5, 5.41) is 10.1. The number of allylic oxidation sites excluding steroid dienone is 1. The number of amides is 1. The number of aromatic amines is 1. The van der Waals surface area contributed by atoms with Gasteiger partial charge in [0.1, 0.15) is 17.1 Å². The quantitative estimate of drug-likeness (QED) is 0.0840. The molecule has 0 saturated carbocycles. The Morgan fingerprint density at radius 1 is 1.02 bits per heavy atom. The summed E-state index contributed by atoms with van der Waals surface area (Å²) in [5.74, 6) is -2.05. The normalized spacial score (nSPS) is 11.2. The first-order chi connectivity index (χ1) is 21.3. The molecule has 11 heteroatoms.